The molecule has 0 radical (unpaired) electrons. The predicted molar refractivity (Wildman–Crippen MR) is 63.4 cm³/mol. The third kappa shape index (κ3) is 8.31. The van der Waals surface area contributed by atoms with E-state index in [9.17, 15) is 5.11 Å². The minimum Gasteiger partial charge on any atom is -0.390 e. The second kappa shape index (κ2) is 8.05. The van der Waals surface area contributed by atoms with Gasteiger partial charge < -0.3 is 5.11 Å². The molecule has 0 saturated carbocycles. The van der Waals surface area contributed by atoms with Crippen LogP contribution in [0, 0.1) is 0 Å². The summed E-state index contributed by atoms with van der Waals surface area (Å²) in [7, 11) is 0. The van der Waals surface area contributed by atoms with Gasteiger partial charge in [-0.3, -0.25) is 0 Å². The van der Waals surface area contributed by atoms with Crippen molar-refractivity contribution in [1.29, 1.82) is 0 Å². The average Bonchev–Trinajstić information content (AvgIpc) is 2.15. The molecule has 0 spiro atoms. The summed E-state index contributed by atoms with van der Waals surface area (Å²) in [5, 5.41) is 9.95. The smallest absolute Gasteiger partial charge is 0.0622 e. The van der Waals surface area contributed by atoms with Crippen molar-refractivity contribution < 1.29 is 5.11 Å². The highest BCUT2D eigenvalue weighted by molar-refractivity contribution is 4.77. The summed E-state index contributed by atoms with van der Waals surface area (Å²) in [5.41, 5.74) is -0.472. The van der Waals surface area contributed by atoms with Crippen molar-refractivity contribution in [2.24, 2.45) is 0 Å². The zero-order valence-electron chi connectivity index (χ0n) is 9.89. The van der Waals surface area contributed by atoms with Crippen molar-refractivity contribution in [3.05, 3.63) is 12.7 Å². The molecule has 0 aromatic rings. The monoisotopic (exact) mass is 198 g/mol. The fourth-order valence-corrected chi connectivity index (χ4v) is 1.65. The lowest BCUT2D eigenvalue weighted by Gasteiger charge is -2.22. The Morgan fingerprint density at radius 1 is 1.14 bits per heavy atom. The Bertz CT molecular complexity index is 138. The van der Waals surface area contributed by atoms with E-state index in [0.29, 0.717) is 0 Å². The van der Waals surface area contributed by atoms with Crippen LogP contribution < -0.4 is 0 Å². The SMILES string of the molecule is C=CCCC(C)(O)CCCCCCC. The summed E-state index contributed by atoms with van der Waals surface area (Å²) in [6, 6.07) is 0. The fraction of sp³-hybridized carbons (Fsp3) is 0.846. The molecule has 0 aliphatic rings. The number of aliphatic hydroxyl groups is 1. The van der Waals surface area contributed by atoms with E-state index in [1.54, 1.807) is 0 Å². The molecule has 0 aliphatic heterocycles. The molecule has 1 N–H and O–H groups in total. The normalized spacial score (nSPS) is 15.1. The molecule has 1 heteroatoms. The first-order valence-electron chi connectivity index (χ1n) is 5.95. The maximum Gasteiger partial charge on any atom is 0.0622 e. The third-order valence-corrected chi connectivity index (χ3v) is 2.71. The molecule has 84 valence electrons. The number of hydrogen-bond acceptors (Lipinski definition) is 1. The zero-order chi connectivity index (χ0) is 10.9. The molecule has 0 rings (SSSR count). The van der Waals surface area contributed by atoms with Crippen LogP contribution in [0.4, 0.5) is 0 Å². The molecule has 1 atom stereocenters. The molecule has 0 aliphatic carbocycles. The van der Waals surface area contributed by atoms with Crippen LogP contribution in [-0.4, -0.2) is 10.7 Å². The van der Waals surface area contributed by atoms with E-state index in [1.807, 2.05) is 13.0 Å². The first-order chi connectivity index (χ1) is 6.62. The van der Waals surface area contributed by atoms with E-state index in [4.69, 9.17) is 0 Å². The molecule has 0 bridgehead atoms. The lowest BCUT2D eigenvalue weighted by Crippen LogP contribution is -2.23. The van der Waals surface area contributed by atoms with E-state index < -0.39 is 5.60 Å². The largest absolute Gasteiger partial charge is 0.390 e. The highest BCUT2D eigenvalue weighted by Gasteiger charge is 2.17. The second-order valence-electron chi connectivity index (χ2n) is 4.49. The number of unbranched alkanes of at least 4 members (excludes halogenated alkanes) is 4. The summed E-state index contributed by atoms with van der Waals surface area (Å²) in [4.78, 5) is 0. The molecule has 1 unspecified atom stereocenters. The van der Waals surface area contributed by atoms with E-state index >= 15 is 0 Å². The topological polar surface area (TPSA) is 20.2 Å². The van der Waals surface area contributed by atoms with E-state index in [1.165, 1.54) is 25.7 Å². The van der Waals surface area contributed by atoms with Crippen LogP contribution >= 0.6 is 0 Å². The van der Waals surface area contributed by atoms with Gasteiger partial charge in [-0.1, -0.05) is 45.1 Å². The maximum absolute atomic E-state index is 9.95. The summed E-state index contributed by atoms with van der Waals surface area (Å²) in [6.07, 6.45) is 10.9. The summed E-state index contributed by atoms with van der Waals surface area (Å²) >= 11 is 0. The number of allylic oxidation sites excluding steroid dienone is 1. The minimum atomic E-state index is -0.472. The van der Waals surface area contributed by atoms with Gasteiger partial charge in [-0.05, 0) is 26.2 Å². The van der Waals surface area contributed by atoms with Crippen LogP contribution in [0.25, 0.3) is 0 Å². The van der Waals surface area contributed by atoms with Gasteiger partial charge in [-0.2, -0.15) is 0 Å². The van der Waals surface area contributed by atoms with Crippen molar-refractivity contribution in [1.82, 2.24) is 0 Å². The second-order valence-corrected chi connectivity index (χ2v) is 4.49. The fourth-order valence-electron chi connectivity index (χ4n) is 1.65. The lowest BCUT2D eigenvalue weighted by molar-refractivity contribution is 0.0403. The molecular formula is C13H26O. The molecule has 0 fully saturated rings. The van der Waals surface area contributed by atoms with Gasteiger partial charge in [0.15, 0.2) is 0 Å². The molecule has 0 aromatic heterocycles. The van der Waals surface area contributed by atoms with Gasteiger partial charge in [0.2, 0.25) is 0 Å². The van der Waals surface area contributed by atoms with Crippen molar-refractivity contribution in [3.8, 4) is 0 Å². The van der Waals surface area contributed by atoms with Gasteiger partial charge in [0.25, 0.3) is 0 Å². The van der Waals surface area contributed by atoms with Crippen molar-refractivity contribution >= 4 is 0 Å². The molecule has 14 heavy (non-hydrogen) atoms. The Morgan fingerprint density at radius 3 is 2.36 bits per heavy atom. The Balaban J connectivity index is 3.39. The summed E-state index contributed by atoms with van der Waals surface area (Å²) in [6.45, 7) is 7.84. The highest BCUT2D eigenvalue weighted by Crippen LogP contribution is 2.20. The van der Waals surface area contributed by atoms with E-state index in [0.717, 1.165) is 25.7 Å². The van der Waals surface area contributed by atoms with Crippen LogP contribution in [0.3, 0.4) is 0 Å². The molecule has 0 aromatic carbocycles. The van der Waals surface area contributed by atoms with Crippen molar-refractivity contribution in [2.45, 2.75) is 70.8 Å². The summed E-state index contributed by atoms with van der Waals surface area (Å²) < 4.78 is 0. The predicted octanol–water partition coefficient (Wildman–Crippen LogP) is 4.06. The maximum atomic E-state index is 9.95. The van der Waals surface area contributed by atoms with Gasteiger partial charge in [-0.25, -0.2) is 0 Å². The van der Waals surface area contributed by atoms with Crippen LogP contribution in [-0.2, 0) is 0 Å². The van der Waals surface area contributed by atoms with Crippen LogP contribution in [0.15, 0.2) is 12.7 Å². The average molecular weight is 198 g/mol. The molecule has 0 saturated heterocycles. The Morgan fingerprint density at radius 2 is 1.79 bits per heavy atom. The van der Waals surface area contributed by atoms with Crippen molar-refractivity contribution in [2.75, 3.05) is 0 Å². The van der Waals surface area contributed by atoms with E-state index in [2.05, 4.69) is 13.5 Å². The quantitative estimate of drug-likeness (QED) is 0.437. The van der Waals surface area contributed by atoms with Crippen LogP contribution in [0.1, 0.15) is 65.2 Å². The zero-order valence-corrected chi connectivity index (χ0v) is 9.89. The van der Waals surface area contributed by atoms with Crippen molar-refractivity contribution in [3.63, 3.8) is 0 Å². The number of rotatable bonds is 9. The Kier molecular flexibility index (Phi) is 7.87. The molecule has 1 nitrogen and oxygen atoms in total. The standard InChI is InChI=1S/C13H26O/c1-4-6-8-9-10-12-13(3,14)11-7-5-2/h5,14H,2,4,6-12H2,1,3H3. The highest BCUT2D eigenvalue weighted by atomic mass is 16.3. The van der Waals surface area contributed by atoms with E-state index in [-0.39, 0.29) is 0 Å². The lowest BCUT2D eigenvalue weighted by atomic mass is 9.93. The van der Waals surface area contributed by atoms with Gasteiger partial charge in [0.1, 0.15) is 0 Å². The van der Waals surface area contributed by atoms with Gasteiger partial charge in [-0.15, -0.1) is 6.58 Å². The Hall–Kier alpha value is -0.300. The summed E-state index contributed by atoms with van der Waals surface area (Å²) in [5.74, 6) is 0. The first kappa shape index (κ1) is 13.7. The molecule has 0 amide bonds. The van der Waals surface area contributed by atoms with Gasteiger partial charge in [0.05, 0.1) is 5.60 Å². The molecule has 0 heterocycles. The molecular weight excluding hydrogens is 172 g/mol. The van der Waals surface area contributed by atoms with Gasteiger partial charge >= 0.3 is 0 Å². The van der Waals surface area contributed by atoms with Crippen LogP contribution in [0.5, 0.6) is 0 Å². The minimum absolute atomic E-state index is 0.472. The number of hydrogen-bond donors (Lipinski definition) is 1. The third-order valence-electron chi connectivity index (χ3n) is 2.71. The van der Waals surface area contributed by atoms with Crippen LogP contribution in [0.2, 0.25) is 0 Å². The van der Waals surface area contributed by atoms with Gasteiger partial charge in [0, 0.05) is 0 Å². The first-order valence-corrected chi connectivity index (χ1v) is 5.95. The Labute approximate surface area is 89.2 Å².